The van der Waals surface area contributed by atoms with Gasteiger partial charge in [0, 0.05) is 23.2 Å². The van der Waals surface area contributed by atoms with Gasteiger partial charge in [-0.05, 0) is 45.2 Å². The number of aromatic amines is 1. The Kier molecular flexibility index (Phi) is 7.16. The van der Waals surface area contributed by atoms with E-state index in [2.05, 4.69) is 62.6 Å². The van der Waals surface area contributed by atoms with E-state index in [1.807, 2.05) is 48.5 Å². The first kappa shape index (κ1) is 26.2. The maximum atomic E-state index is 14.1. The fraction of sp³-hybridized carbons (Fsp3) is 0.219. The monoisotopic (exact) mass is 546 g/mol. The lowest BCUT2D eigenvalue weighted by Crippen LogP contribution is -2.32. The molecule has 0 spiro atoms. The minimum absolute atomic E-state index is 0.0327. The van der Waals surface area contributed by atoms with Crippen LogP contribution in [0.25, 0.3) is 22.5 Å². The summed E-state index contributed by atoms with van der Waals surface area (Å²) >= 11 is 0. The van der Waals surface area contributed by atoms with Gasteiger partial charge in [-0.25, -0.2) is 14.6 Å². The molecule has 6 rings (SSSR count). The molecule has 0 saturated carbocycles. The summed E-state index contributed by atoms with van der Waals surface area (Å²) in [5.41, 5.74) is 7.01. The van der Waals surface area contributed by atoms with E-state index >= 15 is 0 Å². The first-order valence-electron chi connectivity index (χ1n) is 13.7. The summed E-state index contributed by atoms with van der Waals surface area (Å²) in [6, 6.07) is 23.2. The van der Waals surface area contributed by atoms with Crippen molar-refractivity contribution in [2.75, 3.05) is 7.11 Å². The zero-order valence-electron chi connectivity index (χ0n) is 22.9. The normalized spacial score (nSPS) is 14.1. The van der Waals surface area contributed by atoms with E-state index in [0.717, 1.165) is 51.9 Å². The molecule has 0 saturated heterocycles. The number of hydrogen-bond acceptors (Lipinski definition) is 6. The van der Waals surface area contributed by atoms with Gasteiger partial charge in [-0.15, -0.1) is 5.10 Å². The van der Waals surface area contributed by atoms with E-state index in [0.29, 0.717) is 24.4 Å². The number of nitrogens with zero attached hydrogens (tertiary/aromatic N) is 5. The van der Waals surface area contributed by atoms with E-state index in [1.54, 1.807) is 10.7 Å². The van der Waals surface area contributed by atoms with Crippen LogP contribution in [0.5, 0.6) is 0 Å². The number of carbonyl (C=O) groups excluding carboxylic acids is 1. The van der Waals surface area contributed by atoms with Gasteiger partial charge in [-0.2, -0.15) is 0 Å². The number of fused-ring (bicyclic) bond motifs is 1. The summed E-state index contributed by atoms with van der Waals surface area (Å²) in [6.07, 6.45) is 6.28. The number of hydrogen-bond donors (Lipinski definition) is 1. The molecule has 1 aliphatic rings. The van der Waals surface area contributed by atoms with Gasteiger partial charge in [0.25, 0.3) is 5.56 Å². The van der Waals surface area contributed by atoms with Crippen LogP contribution in [-0.4, -0.2) is 43.1 Å². The van der Waals surface area contributed by atoms with Crippen molar-refractivity contribution in [1.82, 2.24) is 30.0 Å². The molecule has 0 radical (unpaired) electrons. The number of allylic oxidation sites excluding steroid dienone is 2. The molecule has 1 unspecified atom stereocenters. The first-order chi connectivity index (χ1) is 20.1. The Morgan fingerprint density at radius 1 is 1.02 bits per heavy atom. The summed E-state index contributed by atoms with van der Waals surface area (Å²) in [6.45, 7) is 2.73. The highest BCUT2D eigenvalue weighted by molar-refractivity contribution is 5.91. The number of benzene rings is 3. The first-order valence-corrected chi connectivity index (χ1v) is 13.7. The molecule has 0 fully saturated rings. The Morgan fingerprint density at radius 3 is 2.51 bits per heavy atom. The minimum atomic E-state index is -0.416. The molecule has 5 aromatic rings. The second kappa shape index (κ2) is 11.2. The molecule has 1 aliphatic heterocycles. The molecule has 3 heterocycles. The minimum Gasteiger partial charge on any atom is -0.465 e. The highest BCUT2D eigenvalue weighted by Gasteiger charge is 2.28. The number of tetrazole rings is 1. The number of methoxy groups -OCH3 is 1. The van der Waals surface area contributed by atoms with Crippen LogP contribution in [0, 0.1) is 0 Å². The Balaban J connectivity index is 1.37. The Bertz CT molecular complexity index is 1780. The van der Waals surface area contributed by atoms with Crippen molar-refractivity contribution < 1.29 is 9.53 Å². The van der Waals surface area contributed by atoms with Crippen molar-refractivity contribution in [1.29, 1.82) is 0 Å². The molecule has 41 heavy (non-hydrogen) atoms. The number of carbonyl (C=O) groups is 1. The van der Waals surface area contributed by atoms with Gasteiger partial charge in [0.15, 0.2) is 5.82 Å². The fourth-order valence-corrected chi connectivity index (χ4v) is 5.70. The van der Waals surface area contributed by atoms with Crippen LogP contribution in [0.15, 0.2) is 89.7 Å². The lowest BCUT2D eigenvalue weighted by atomic mass is 9.96. The average Bonchev–Trinajstić information content (AvgIpc) is 3.65. The summed E-state index contributed by atoms with van der Waals surface area (Å²) < 4.78 is 8.92. The van der Waals surface area contributed by atoms with Gasteiger partial charge in [-0.3, -0.25) is 9.48 Å². The van der Waals surface area contributed by atoms with Gasteiger partial charge in [0.05, 0.1) is 25.3 Å². The third-order valence-corrected chi connectivity index (χ3v) is 7.59. The second-order valence-corrected chi connectivity index (χ2v) is 10.0. The summed E-state index contributed by atoms with van der Waals surface area (Å²) in [5, 5.41) is 14.3. The second-order valence-electron chi connectivity index (χ2n) is 10.0. The van der Waals surface area contributed by atoms with Crippen molar-refractivity contribution in [2.24, 2.45) is 0 Å². The highest BCUT2D eigenvalue weighted by Crippen LogP contribution is 2.31. The molecular weight excluding hydrogens is 516 g/mol. The number of nitrogens with one attached hydrogen (secondary N) is 1. The number of rotatable bonds is 8. The average molecular weight is 547 g/mol. The van der Waals surface area contributed by atoms with E-state index in [4.69, 9.17) is 4.74 Å². The third-order valence-electron chi connectivity index (χ3n) is 7.59. The highest BCUT2D eigenvalue weighted by atomic mass is 16.5. The maximum absolute atomic E-state index is 14.1. The Morgan fingerprint density at radius 2 is 1.78 bits per heavy atom. The zero-order valence-corrected chi connectivity index (χ0v) is 22.9. The van der Waals surface area contributed by atoms with Crippen LogP contribution in [-0.2, 0) is 24.1 Å². The summed E-state index contributed by atoms with van der Waals surface area (Å²) in [4.78, 5) is 26.6. The fourth-order valence-electron chi connectivity index (χ4n) is 5.70. The molecule has 0 bridgehead atoms. The Hall–Kier alpha value is -5.05. The van der Waals surface area contributed by atoms with Crippen molar-refractivity contribution >= 4 is 5.97 Å². The SMILES string of the molecule is CCCc1c(Cc2ccc(-c3ccccc3-c3nnn[nH]3)cc2)c(=O)n2n1CC=CC2c1ccccc1C(=O)OC. The molecule has 0 amide bonds. The van der Waals surface area contributed by atoms with Crippen molar-refractivity contribution in [2.45, 2.75) is 38.8 Å². The third kappa shape index (κ3) is 4.80. The standard InChI is InChI=1S/C32H30N6O3/c1-3-9-28-27(20-21-15-17-22(18-16-21)23-10-4-6-12-25(23)30-33-35-36-34-30)31(39)38-29(14-8-19-37(28)38)24-11-5-7-13-26(24)32(40)41-2/h4-8,10-18,29H,3,9,19-20H2,1-2H3,(H,33,34,35,36). The van der Waals surface area contributed by atoms with Gasteiger partial charge in [0.2, 0.25) is 0 Å². The van der Waals surface area contributed by atoms with Crippen LogP contribution >= 0.6 is 0 Å². The largest absolute Gasteiger partial charge is 0.465 e. The molecule has 2 aromatic heterocycles. The van der Waals surface area contributed by atoms with Gasteiger partial charge < -0.3 is 4.74 Å². The molecule has 1 N–H and O–H groups in total. The number of ether oxygens (including phenoxy) is 1. The predicted octanol–water partition coefficient (Wildman–Crippen LogP) is 4.99. The van der Waals surface area contributed by atoms with Crippen LogP contribution in [0.2, 0.25) is 0 Å². The smallest absolute Gasteiger partial charge is 0.338 e. The van der Waals surface area contributed by atoms with Gasteiger partial charge >= 0.3 is 5.97 Å². The predicted molar refractivity (Wildman–Crippen MR) is 156 cm³/mol. The molecule has 9 nitrogen and oxygen atoms in total. The summed E-state index contributed by atoms with van der Waals surface area (Å²) in [7, 11) is 1.37. The van der Waals surface area contributed by atoms with E-state index in [1.165, 1.54) is 7.11 Å². The van der Waals surface area contributed by atoms with E-state index in [-0.39, 0.29) is 5.56 Å². The summed E-state index contributed by atoms with van der Waals surface area (Å²) in [5.74, 6) is 0.194. The van der Waals surface area contributed by atoms with E-state index in [9.17, 15) is 9.59 Å². The molecule has 3 aromatic carbocycles. The van der Waals surface area contributed by atoms with Crippen LogP contribution < -0.4 is 5.56 Å². The van der Waals surface area contributed by atoms with Crippen LogP contribution in [0.3, 0.4) is 0 Å². The molecule has 206 valence electrons. The Labute approximate surface area is 237 Å². The van der Waals surface area contributed by atoms with Crippen molar-refractivity contribution in [3.05, 3.63) is 123 Å². The topological polar surface area (TPSA) is 108 Å². The van der Waals surface area contributed by atoms with Crippen molar-refractivity contribution in [3.63, 3.8) is 0 Å². The zero-order chi connectivity index (χ0) is 28.3. The van der Waals surface area contributed by atoms with Crippen LogP contribution in [0.1, 0.15) is 52.1 Å². The quantitative estimate of drug-likeness (QED) is 0.217. The number of aromatic nitrogens is 6. The van der Waals surface area contributed by atoms with Gasteiger partial charge in [-0.1, -0.05) is 92.2 Å². The van der Waals surface area contributed by atoms with Crippen molar-refractivity contribution in [3.8, 4) is 22.5 Å². The van der Waals surface area contributed by atoms with Gasteiger partial charge in [0.1, 0.15) is 0 Å². The molecule has 0 aliphatic carbocycles. The lowest BCUT2D eigenvalue weighted by Gasteiger charge is -2.25. The number of esters is 1. The maximum Gasteiger partial charge on any atom is 0.338 e. The van der Waals surface area contributed by atoms with E-state index < -0.39 is 12.0 Å². The molecule has 9 heteroatoms. The molecular formula is C32H30N6O3. The lowest BCUT2D eigenvalue weighted by molar-refractivity contribution is 0.0598. The molecule has 1 atom stereocenters. The van der Waals surface area contributed by atoms with Crippen LogP contribution in [0.4, 0.5) is 0 Å². The number of H-pyrrole nitrogens is 1.